The van der Waals surface area contributed by atoms with E-state index in [0.717, 1.165) is 16.8 Å². The number of nitrogens with zero attached hydrogens (tertiary/aromatic N) is 2. The fraction of sp³-hybridized carbons (Fsp3) is 0.211. The molecule has 0 radical (unpaired) electrons. The van der Waals surface area contributed by atoms with E-state index in [1.54, 1.807) is 0 Å². The summed E-state index contributed by atoms with van der Waals surface area (Å²) < 4.78 is 5.47. The van der Waals surface area contributed by atoms with Crippen LogP contribution in [0.15, 0.2) is 64.2 Å². The molecule has 0 aliphatic heterocycles. The quantitative estimate of drug-likeness (QED) is 0.656. The molecule has 25 heavy (non-hydrogen) atoms. The summed E-state index contributed by atoms with van der Waals surface area (Å²) in [5.41, 5.74) is 3.02. The van der Waals surface area contributed by atoms with Crippen molar-refractivity contribution < 1.29 is 9.21 Å². The van der Waals surface area contributed by atoms with Gasteiger partial charge in [-0.05, 0) is 23.3 Å². The zero-order valence-electron chi connectivity index (χ0n) is 14.1. The van der Waals surface area contributed by atoms with Gasteiger partial charge in [-0.3, -0.25) is 4.79 Å². The van der Waals surface area contributed by atoms with Crippen LogP contribution >= 0.6 is 11.8 Å². The lowest BCUT2D eigenvalue weighted by atomic mass is 10.1. The molecule has 1 heterocycles. The summed E-state index contributed by atoms with van der Waals surface area (Å²) in [6.07, 6.45) is 0. The lowest BCUT2D eigenvalue weighted by molar-refractivity contribution is -0.113. The molecule has 0 aliphatic rings. The first kappa shape index (κ1) is 17.2. The Morgan fingerprint density at radius 3 is 2.36 bits per heavy atom. The van der Waals surface area contributed by atoms with Crippen LogP contribution < -0.4 is 5.32 Å². The second-order valence-electron chi connectivity index (χ2n) is 5.84. The number of carbonyl (C=O) groups excluding carboxylic acids is 1. The summed E-state index contributed by atoms with van der Waals surface area (Å²) in [4.78, 5) is 12.1. The maximum absolute atomic E-state index is 12.1. The fourth-order valence-electron chi connectivity index (χ4n) is 2.21. The molecule has 0 aliphatic carbocycles. The minimum atomic E-state index is -0.109. The summed E-state index contributed by atoms with van der Waals surface area (Å²) in [5.74, 6) is 0.875. The Hall–Kier alpha value is -2.60. The smallest absolute Gasteiger partial charge is 0.277 e. The van der Waals surface area contributed by atoms with E-state index in [0.29, 0.717) is 11.1 Å². The maximum atomic E-state index is 12.1. The first-order valence-electron chi connectivity index (χ1n) is 8.03. The highest BCUT2D eigenvalue weighted by molar-refractivity contribution is 7.99. The van der Waals surface area contributed by atoms with Gasteiger partial charge in [-0.25, -0.2) is 0 Å². The van der Waals surface area contributed by atoms with Crippen molar-refractivity contribution in [1.82, 2.24) is 10.2 Å². The Morgan fingerprint density at radius 2 is 1.72 bits per heavy atom. The molecule has 6 heteroatoms. The molecule has 0 unspecified atom stereocenters. The van der Waals surface area contributed by atoms with Crippen molar-refractivity contribution in [1.29, 1.82) is 0 Å². The minimum Gasteiger partial charge on any atom is -0.416 e. The van der Waals surface area contributed by atoms with Crippen LogP contribution in [0.1, 0.15) is 25.7 Å². The van der Waals surface area contributed by atoms with E-state index in [1.165, 1.54) is 11.8 Å². The normalized spacial score (nSPS) is 10.8. The Kier molecular flexibility index (Phi) is 5.50. The van der Waals surface area contributed by atoms with Crippen LogP contribution in [-0.4, -0.2) is 21.9 Å². The molecular weight excluding hydrogens is 334 g/mol. The molecule has 5 nitrogen and oxygen atoms in total. The van der Waals surface area contributed by atoms with E-state index in [-0.39, 0.29) is 17.6 Å². The molecule has 3 rings (SSSR count). The van der Waals surface area contributed by atoms with E-state index >= 15 is 0 Å². The van der Waals surface area contributed by atoms with Gasteiger partial charge in [0.15, 0.2) is 0 Å². The van der Waals surface area contributed by atoms with E-state index in [4.69, 9.17) is 4.42 Å². The number of hydrogen-bond donors (Lipinski definition) is 1. The molecule has 0 atom stereocenters. The molecule has 3 aromatic rings. The van der Waals surface area contributed by atoms with E-state index < -0.39 is 0 Å². The molecule has 0 saturated carbocycles. The van der Waals surface area contributed by atoms with Crippen LogP contribution in [0.4, 0.5) is 5.69 Å². The monoisotopic (exact) mass is 353 g/mol. The fourth-order valence-corrected chi connectivity index (χ4v) is 2.78. The number of thioether (sulfide) groups is 1. The highest BCUT2D eigenvalue weighted by Crippen LogP contribution is 2.22. The molecule has 0 fully saturated rings. The lowest BCUT2D eigenvalue weighted by Crippen LogP contribution is -2.13. The first-order valence-corrected chi connectivity index (χ1v) is 9.02. The molecule has 0 bridgehead atoms. The van der Waals surface area contributed by atoms with Gasteiger partial charge in [-0.1, -0.05) is 68.1 Å². The number of aromatic nitrogens is 2. The van der Waals surface area contributed by atoms with Crippen LogP contribution in [0.2, 0.25) is 0 Å². The van der Waals surface area contributed by atoms with Gasteiger partial charge in [0.25, 0.3) is 5.22 Å². The van der Waals surface area contributed by atoms with Crippen LogP contribution in [0.25, 0.3) is 11.1 Å². The van der Waals surface area contributed by atoms with Gasteiger partial charge in [-0.2, -0.15) is 0 Å². The van der Waals surface area contributed by atoms with E-state index in [2.05, 4.69) is 27.6 Å². The molecule has 1 aromatic heterocycles. The number of amides is 1. The van der Waals surface area contributed by atoms with Crippen molar-refractivity contribution in [2.75, 3.05) is 11.1 Å². The Balaban J connectivity index is 1.54. The molecule has 0 spiro atoms. The Labute approximate surface area is 150 Å². The molecule has 0 saturated heterocycles. The highest BCUT2D eigenvalue weighted by Gasteiger charge is 2.12. The lowest BCUT2D eigenvalue weighted by Gasteiger charge is -2.06. The third-order valence-corrected chi connectivity index (χ3v) is 4.34. The predicted molar refractivity (Wildman–Crippen MR) is 99.6 cm³/mol. The van der Waals surface area contributed by atoms with E-state index in [9.17, 15) is 4.79 Å². The number of benzene rings is 2. The summed E-state index contributed by atoms with van der Waals surface area (Å²) >= 11 is 1.23. The van der Waals surface area contributed by atoms with Gasteiger partial charge in [0.2, 0.25) is 11.8 Å². The van der Waals surface area contributed by atoms with Crippen LogP contribution in [0, 0.1) is 0 Å². The number of anilines is 1. The summed E-state index contributed by atoms with van der Waals surface area (Å²) in [6, 6.07) is 17.9. The van der Waals surface area contributed by atoms with Crippen molar-refractivity contribution in [3.05, 3.63) is 60.5 Å². The first-order chi connectivity index (χ1) is 12.1. The zero-order valence-corrected chi connectivity index (χ0v) is 14.9. The second kappa shape index (κ2) is 7.98. The second-order valence-corrected chi connectivity index (χ2v) is 6.77. The van der Waals surface area contributed by atoms with Gasteiger partial charge >= 0.3 is 0 Å². The van der Waals surface area contributed by atoms with Gasteiger partial charge in [0.1, 0.15) is 0 Å². The molecule has 1 amide bonds. The largest absolute Gasteiger partial charge is 0.416 e. The van der Waals surface area contributed by atoms with Crippen molar-refractivity contribution >= 4 is 23.4 Å². The van der Waals surface area contributed by atoms with Gasteiger partial charge < -0.3 is 9.73 Å². The molecular formula is C19H19N3O2S. The maximum Gasteiger partial charge on any atom is 0.277 e. The van der Waals surface area contributed by atoms with Crippen molar-refractivity contribution in [2.45, 2.75) is 25.0 Å². The SMILES string of the molecule is CC(C)c1nnc(SCC(=O)Nc2ccc(-c3ccccc3)cc2)o1. The number of carbonyl (C=O) groups is 1. The third kappa shape index (κ3) is 4.70. The molecule has 1 N–H and O–H groups in total. The van der Waals surface area contributed by atoms with Crippen LogP contribution in [0.3, 0.4) is 0 Å². The minimum absolute atomic E-state index is 0.109. The third-order valence-electron chi connectivity index (χ3n) is 3.52. The average molecular weight is 353 g/mol. The zero-order chi connectivity index (χ0) is 17.6. The standard InChI is InChI=1S/C19H19N3O2S/c1-13(2)18-21-22-19(24-18)25-12-17(23)20-16-10-8-15(9-11-16)14-6-4-3-5-7-14/h3-11,13H,12H2,1-2H3,(H,20,23). The molecule has 2 aromatic carbocycles. The van der Waals surface area contributed by atoms with Crippen molar-refractivity contribution in [3.63, 3.8) is 0 Å². The van der Waals surface area contributed by atoms with Crippen molar-refractivity contribution in [2.24, 2.45) is 0 Å². The Morgan fingerprint density at radius 1 is 1.04 bits per heavy atom. The van der Waals surface area contributed by atoms with Crippen LogP contribution in [-0.2, 0) is 4.79 Å². The number of hydrogen-bond acceptors (Lipinski definition) is 5. The Bertz CT molecular complexity index is 829. The summed E-state index contributed by atoms with van der Waals surface area (Å²) in [7, 11) is 0. The highest BCUT2D eigenvalue weighted by atomic mass is 32.2. The summed E-state index contributed by atoms with van der Waals surface area (Å²) in [6.45, 7) is 3.96. The van der Waals surface area contributed by atoms with Crippen molar-refractivity contribution in [3.8, 4) is 11.1 Å². The topological polar surface area (TPSA) is 68.0 Å². The average Bonchev–Trinajstić information content (AvgIpc) is 3.11. The predicted octanol–water partition coefficient (Wildman–Crippen LogP) is 4.59. The van der Waals surface area contributed by atoms with Gasteiger partial charge in [-0.15, -0.1) is 10.2 Å². The van der Waals surface area contributed by atoms with Crippen LogP contribution in [0.5, 0.6) is 0 Å². The number of nitrogens with one attached hydrogen (secondary N) is 1. The molecule has 128 valence electrons. The van der Waals surface area contributed by atoms with E-state index in [1.807, 2.05) is 56.3 Å². The summed E-state index contributed by atoms with van der Waals surface area (Å²) in [5, 5.41) is 11.2. The van der Waals surface area contributed by atoms with Gasteiger partial charge in [0.05, 0.1) is 5.75 Å². The number of rotatable bonds is 6. The van der Waals surface area contributed by atoms with Gasteiger partial charge in [0, 0.05) is 11.6 Å².